The van der Waals surface area contributed by atoms with Crippen molar-refractivity contribution in [3.8, 4) is 0 Å². The fourth-order valence-corrected chi connectivity index (χ4v) is 14.4. The normalized spacial score (nSPS) is 45.9. The van der Waals surface area contributed by atoms with Crippen molar-refractivity contribution >= 4 is 28.2 Å². The Bertz CT molecular complexity index is 1930. The van der Waals surface area contributed by atoms with Crippen LogP contribution in [0, 0.1) is 47.3 Å². The molecule has 10 heterocycles. The fraction of sp³-hybridized carbons (Fsp3) is 0.816. The lowest BCUT2D eigenvalue weighted by atomic mass is 9.58. The average Bonchev–Trinajstić information content (AvgIpc) is 3.66. The van der Waals surface area contributed by atoms with Gasteiger partial charge in [-0.25, -0.2) is 19.6 Å². The summed E-state index contributed by atoms with van der Waals surface area (Å²) in [6.45, 7) is 21.8. The highest BCUT2D eigenvalue weighted by Crippen LogP contribution is 2.62. The number of piperazine rings is 1. The van der Waals surface area contributed by atoms with Gasteiger partial charge in [0.15, 0.2) is 36.4 Å². The number of pyridine rings is 1. The van der Waals surface area contributed by atoms with Gasteiger partial charge in [-0.3, -0.25) is 9.88 Å². The van der Waals surface area contributed by atoms with Crippen LogP contribution >= 0.6 is 11.6 Å². The highest BCUT2D eigenvalue weighted by atomic mass is 35.5. The van der Waals surface area contributed by atoms with Crippen molar-refractivity contribution in [2.45, 2.75) is 141 Å². The van der Waals surface area contributed by atoms with Gasteiger partial charge in [0.05, 0.1) is 31.8 Å². The van der Waals surface area contributed by atoms with E-state index in [1.165, 1.54) is 12.8 Å². The lowest BCUT2D eigenvalue weighted by molar-refractivity contribution is -0.933. The Labute approximate surface area is 383 Å². The number of fused-ring (bicyclic) bond motifs is 5. The zero-order valence-electron chi connectivity index (χ0n) is 38.8. The van der Waals surface area contributed by atoms with Gasteiger partial charge in [-0.1, -0.05) is 39.3 Å². The molecule has 1 N–H and O–H groups in total. The third-order valence-electron chi connectivity index (χ3n) is 18.1. The molecule has 4 bridgehead atoms. The third-order valence-corrected chi connectivity index (χ3v) is 18.4. The maximum absolute atomic E-state index is 6.87. The highest BCUT2D eigenvalue weighted by Gasteiger charge is 2.71. The molecule has 0 radical (unpaired) electrons. The number of hydrogen-bond donors (Lipinski definition) is 1. The van der Waals surface area contributed by atoms with Gasteiger partial charge in [0.1, 0.15) is 13.1 Å². The van der Waals surface area contributed by atoms with E-state index in [-0.39, 0.29) is 36.3 Å². The standard InChI is InChI=1S/C49H72ClN4O10/c1-30-7-11-38-32(3)42(57-44-48(38)36(30)13-16-46(5,59-44)61-63-48)55-27-25-54(23-21-53(22-24-54)20-19-52-40-15-18-51-41-29-34(50)9-10-35(40)41)26-28-56-43-33(4)39-12-8-31(2)37-14-17-47(6)60-45(58-43)49(37,39)64-62-47/h9-10,15,18,29-33,36-39,42-45H,7-8,11-14,16-17,19-28H2,1-6H3,(H,51,52)/q+1/t30-,31-,32-,33-,36+,37+,38+,39+,42+,43+,44-,45-,46-,47-,48-,49-/m1/s1. The molecule has 9 aliphatic heterocycles. The summed E-state index contributed by atoms with van der Waals surface area (Å²) in [6, 6.07) is 7.93. The molecular formula is C49H72ClN4O10+. The molecule has 0 unspecified atom stereocenters. The van der Waals surface area contributed by atoms with Crippen LogP contribution in [0.1, 0.15) is 92.9 Å². The van der Waals surface area contributed by atoms with Crippen LogP contribution in [-0.4, -0.2) is 128 Å². The van der Waals surface area contributed by atoms with Gasteiger partial charge >= 0.3 is 0 Å². The van der Waals surface area contributed by atoms with E-state index < -0.39 is 35.4 Å². The summed E-state index contributed by atoms with van der Waals surface area (Å²) in [5.74, 6) is 0.763. The molecule has 11 aliphatic rings. The SMILES string of the molecule is C[C@H]1[C@@H](OCC[N+]2(CCO[C@H]3O[C@@H]4O[C@@]5(C)CC[C@H]6[C@H](C)CC[C@@H]([C@H]3C)[C@@]46OO5)CCN(CCNc3ccnc4cc(Cl)ccc34)CC2)O[C@@H]2O[C@@]3(C)CC[C@H]4[C@H](C)CC[C@@H]1[C@@]24OO3. The van der Waals surface area contributed by atoms with Crippen molar-refractivity contribution < 1.29 is 52.5 Å². The largest absolute Gasteiger partial charge is 0.383 e. The second-order valence-corrected chi connectivity index (χ2v) is 22.2. The summed E-state index contributed by atoms with van der Waals surface area (Å²) < 4.78 is 41.6. The van der Waals surface area contributed by atoms with Gasteiger partial charge in [0.2, 0.25) is 11.6 Å². The lowest BCUT2D eigenvalue weighted by Gasteiger charge is -2.60. The molecule has 1 aromatic carbocycles. The number of quaternary nitrogens is 1. The Kier molecular flexibility index (Phi) is 11.9. The first-order valence-corrected chi connectivity index (χ1v) is 25.2. The topological polar surface area (TPSA) is 120 Å². The van der Waals surface area contributed by atoms with Crippen LogP contribution in [0.2, 0.25) is 5.02 Å². The number of nitrogens with zero attached hydrogens (tertiary/aromatic N) is 3. The van der Waals surface area contributed by atoms with Gasteiger partial charge in [-0.15, -0.1) is 0 Å². The van der Waals surface area contributed by atoms with E-state index in [9.17, 15) is 0 Å². The monoisotopic (exact) mass is 911 g/mol. The maximum atomic E-state index is 6.87. The minimum Gasteiger partial charge on any atom is -0.383 e. The van der Waals surface area contributed by atoms with Crippen molar-refractivity contribution in [2.75, 3.05) is 70.9 Å². The molecule has 16 atom stereocenters. The second-order valence-electron chi connectivity index (χ2n) is 21.8. The number of benzene rings is 1. The van der Waals surface area contributed by atoms with Gasteiger partial charge in [0, 0.05) is 85.0 Å². The van der Waals surface area contributed by atoms with Gasteiger partial charge in [-0.2, -0.15) is 0 Å². The van der Waals surface area contributed by atoms with E-state index in [2.05, 4.69) is 42.9 Å². The summed E-state index contributed by atoms with van der Waals surface area (Å²) in [6.07, 6.45) is 8.06. The zero-order valence-corrected chi connectivity index (χ0v) is 39.6. The van der Waals surface area contributed by atoms with E-state index in [1.54, 1.807) is 0 Å². The number of halogens is 1. The summed E-state index contributed by atoms with van der Waals surface area (Å²) in [4.78, 5) is 32.1. The molecule has 2 spiro atoms. The molecule has 354 valence electrons. The molecule has 2 aromatic rings. The first kappa shape index (κ1) is 44.7. The predicted octanol–water partition coefficient (Wildman–Crippen LogP) is 7.88. The van der Waals surface area contributed by atoms with E-state index in [4.69, 9.17) is 59.6 Å². The van der Waals surface area contributed by atoms with Gasteiger partial charge in [-0.05, 0) is 100 Å². The van der Waals surface area contributed by atoms with Crippen LogP contribution in [-0.2, 0) is 48.0 Å². The summed E-state index contributed by atoms with van der Waals surface area (Å²) in [5.41, 5.74) is 0.770. The molecule has 13 rings (SSSR count). The van der Waals surface area contributed by atoms with Gasteiger partial charge < -0.3 is 38.2 Å². The predicted molar refractivity (Wildman–Crippen MR) is 237 cm³/mol. The van der Waals surface area contributed by atoms with Crippen molar-refractivity contribution in [3.05, 3.63) is 35.5 Å². The molecule has 11 fully saturated rings. The molecule has 14 nitrogen and oxygen atoms in total. The first-order chi connectivity index (χ1) is 30.8. The molecule has 0 amide bonds. The van der Waals surface area contributed by atoms with Crippen LogP contribution in [0.15, 0.2) is 30.5 Å². The summed E-state index contributed by atoms with van der Waals surface area (Å²) >= 11 is 6.27. The number of nitrogens with one attached hydrogen (secondary N) is 1. The number of ether oxygens (including phenoxy) is 6. The Hall–Kier alpha value is -1.76. The smallest absolute Gasteiger partial charge is 0.201 e. The minimum absolute atomic E-state index is 0.130. The number of hydrogen-bond acceptors (Lipinski definition) is 13. The summed E-state index contributed by atoms with van der Waals surface area (Å²) in [5, 5.41) is 5.45. The van der Waals surface area contributed by atoms with E-state index in [1.807, 2.05) is 44.3 Å². The Morgan fingerprint density at radius 3 is 1.86 bits per heavy atom. The average molecular weight is 913 g/mol. The molecular weight excluding hydrogens is 840 g/mol. The van der Waals surface area contributed by atoms with Crippen LogP contribution in [0.25, 0.3) is 10.9 Å². The van der Waals surface area contributed by atoms with Crippen LogP contribution in [0.5, 0.6) is 0 Å². The second kappa shape index (κ2) is 17.0. The molecule has 1 aromatic heterocycles. The Morgan fingerprint density at radius 2 is 1.30 bits per heavy atom. The fourth-order valence-electron chi connectivity index (χ4n) is 14.2. The number of anilines is 1. The van der Waals surface area contributed by atoms with Crippen LogP contribution in [0.3, 0.4) is 0 Å². The first-order valence-electron chi connectivity index (χ1n) is 24.8. The van der Waals surface area contributed by atoms with E-state index >= 15 is 0 Å². The van der Waals surface area contributed by atoms with Crippen molar-refractivity contribution in [1.82, 2.24) is 9.88 Å². The van der Waals surface area contributed by atoms with Crippen molar-refractivity contribution in [3.63, 3.8) is 0 Å². The third kappa shape index (κ3) is 7.56. The number of rotatable bonds is 12. The number of aromatic nitrogens is 1. The molecule has 9 saturated heterocycles. The van der Waals surface area contributed by atoms with Crippen LogP contribution < -0.4 is 5.32 Å². The van der Waals surface area contributed by atoms with Crippen molar-refractivity contribution in [1.29, 1.82) is 0 Å². The highest BCUT2D eigenvalue weighted by molar-refractivity contribution is 6.31. The van der Waals surface area contributed by atoms with Gasteiger partial charge in [0.25, 0.3) is 0 Å². The molecule has 2 saturated carbocycles. The maximum Gasteiger partial charge on any atom is 0.201 e. The Balaban J connectivity index is 0.764. The Morgan fingerprint density at radius 1 is 0.734 bits per heavy atom. The molecule has 64 heavy (non-hydrogen) atoms. The van der Waals surface area contributed by atoms with Crippen molar-refractivity contribution in [2.24, 2.45) is 47.3 Å². The molecule has 2 aliphatic carbocycles. The van der Waals surface area contributed by atoms with E-state index in [0.717, 1.165) is 112 Å². The lowest BCUT2D eigenvalue weighted by Crippen LogP contribution is -2.70. The quantitative estimate of drug-likeness (QED) is 0.165. The van der Waals surface area contributed by atoms with Crippen LogP contribution in [0.4, 0.5) is 5.69 Å². The van der Waals surface area contributed by atoms with E-state index in [0.29, 0.717) is 41.9 Å². The molecule has 15 heteroatoms. The summed E-state index contributed by atoms with van der Waals surface area (Å²) in [7, 11) is 0. The minimum atomic E-state index is -0.814. The zero-order chi connectivity index (χ0) is 44.1.